The maximum absolute atomic E-state index is 12.2. The minimum Gasteiger partial charge on any atom is -0.508 e. The number of nitrogens with one attached hydrogen (secondary N) is 1. The zero-order valence-corrected chi connectivity index (χ0v) is 13.7. The number of nitrogens with zero attached hydrogens (tertiary/aromatic N) is 2. The molecule has 7 heteroatoms. The standard InChI is InChI=1S/C17H11Cl2N3O2/c18-12-4-11(5-13(19)7-12)17(24)22-14-8-20-16(21-9-14)10-2-1-3-15(23)6-10/h1-9,23H,(H,22,24). The van der Waals surface area contributed by atoms with Crippen LogP contribution in [0.3, 0.4) is 0 Å². The molecule has 3 aromatic rings. The second-order valence-electron chi connectivity index (χ2n) is 4.96. The fourth-order valence-electron chi connectivity index (χ4n) is 2.07. The van der Waals surface area contributed by atoms with Crippen LogP contribution in [0.25, 0.3) is 11.4 Å². The smallest absolute Gasteiger partial charge is 0.255 e. The van der Waals surface area contributed by atoms with Crippen LogP contribution in [0.5, 0.6) is 5.75 Å². The molecule has 1 heterocycles. The lowest BCUT2D eigenvalue weighted by atomic mass is 10.2. The first-order chi connectivity index (χ1) is 11.5. The summed E-state index contributed by atoms with van der Waals surface area (Å²) in [6.45, 7) is 0. The van der Waals surface area contributed by atoms with Gasteiger partial charge in [-0.05, 0) is 30.3 Å². The third-order valence-electron chi connectivity index (χ3n) is 3.14. The van der Waals surface area contributed by atoms with E-state index in [1.165, 1.54) is 24.5 Å². The van der Waals surface area contributed by atoms with Crippen molar-refractivity contribution in [3.8, 4) is 17.1 Å². The Balaban J connectivity index is 1.77. The molecule has 24 heavy (non-hydrogen) atoms. The van der Waals surface area contributed by atoms with E-state index in [0.29, 0.717) is 32.7 Å². The van der Waals surface area contributed by atoms with Crippen LogP contribution < -0.4 is 5.32 Å². The molecule has 0 aliphatic carbocycles. The Bertz CT molecular complexity index is 878. The van der Waals surface area contributed by atoms with Crippen LogP contribution >= 0.6 is 23.2 Å². The number of phenolic OH excluding ortho intramolecular Hbond substituents is 1. The molecule has 3 rings (SSSR count). The van der Waals surface area contributed by atoms with Gasteiger partial charge in [0.25, 0.3) is 5.91 Å². The number of benzene rings is 2. The quantitative estimate of drug-likeness (QED) is 0.726. The maximum atomic E-state index is 12.2. The van der Waals surface area contributed by atoms with Crippen LogP contribution in [0.15, 0.2) is 54.9 Å². The summed E-state index contributed by atoms with van der Waals surface area (Å²) in [7, 11) is 0. The van der Waals surface area contributed by atoms with Crippen LogP contribution in [0.4, 0.5) is 5.69 Å². The van der Waals surface area contributed by atoms with E-state index in [2.05, 4.69) is 15.3 Å². The largest absolute Gasteiger partial charge is 0.508 e. The fourth-order valence-corrected chi connectivity index (χ4v) is 2.60. The van der Waals surface area contributed by atoms with Crippen molar-refractivity contribution in [3.05, 3.63) is 70.5 Å². The Labute approximate surface area is 147 Å². The fraction of sp³-hybridized carbons (Fsp3) is 0. The Hall–Kier alpha value is -2.63. The molecule has 0 spiro atoms. The summed E-state index contributed by atoms with van der Waals surface area (Å²) in [5, 5.41) is 12.9. The van der Waals surface area contributed by atoms with Gasteiger partial charge in [0.2, 0.25) is 0 Å². The van der Waals surface area contributed by atoms with Gasteiger partial charge in [-0.2, -0.15) is 0 Å². The lowest BCUT2D eigenvalue weighted by molar-refractivity contribution is 0.102. The number of anilines is 1. The number of aromatic nitrogens is 2. The van der Waals surface area contributed by atoms with Crippen LogP contribution in [-0.2, 0) is 0 Å². The van der Waals surface area contributed by atoms with E-state index < -0.39 is 0 Å². The molecule has 0 radical (unpaired) electrons. The number of amides is 1. The molecule has 0 fully saturated rings. The van der Waals surface area contributed by atoms with E-state index in [4.69, 9.17) is 23.2 Å². The summed E-state index contributed by atoms with van der Waals surface area (Å²) in [4.78, 5) is 20.6. The summed E-state index contributed by atoms with van der Waals surface area (Å²) >= 11 is 11.8. The molecule has 0 atom stereocenters. The number of aromatic hydroxyl groups is 1. The summed E-state index contributed by atoms with van der Waals surface area (Å²) in [5.74, 6) is 0.203. The van der Waals surface area contributed by atoms with E-state index in [-0.39, 0.29) is 11.7 Å². The summed E-state index contributed by atoms with van der Waals surface area (Å²) in [6.07, 6.45) is 2.97. The second-order valence-corrected chi connectivity index (χ2v) is 5.83. The number of phenols is 1. The Morgan fingerprint density at radius 2 is 1.67 bits per heavy atom. The van der Waals surface area contributed by atoms with Crippen molar-refractivity contribution in [1.82, 2.24) is 9.97 Å². The van der Waals surface area contributed by atoms with E-state index in [1.54, 1.807) is 30.3 Å². The highest BCUT2D eigenvalue weighted by Crippen LogP contribution is 2.22. The van der Waals surface area contributed by atoms with Crippen LogP contribution in [0, 0.1) is 0 Å². The Morgan fingerprint density at radius 1 is 1.00 bits per heavy atom. The summed E-state index contributed by atoms with van der Waals surface area (Å²) < 4.78 is 0. The third kappa shape index (κ3) is 3.82. The predicted octanol–water partition coefficient (Wildman–Crippen LogP) is 4.41. The van der Waals surface area contributed by atoms with Crippen molar-refractivity contribution in [2.45, 2.75) is 0 Å². The van der Waals surface area contributed by atoms with Crippen LogP contribution in [-0.4, -0.2) is 21.0 Å². The molecular weight excluding hydrogens is 349 g/mol. The molecule has 0 bridgehead atoms. The number of carbonyl (C=O) groups is 1. The zero-order chi connectivity index (χ0) is 17.1. The number of hydrogen-bond acceptors (Lipinski definition) is 4. The highest BCUT2D eigenvalue weighted by atomic mass is 35.5. The lowest BCUT2D eigenvalue weighted by Crippen LogP contribution is -2.12. The van der Waals surface area contributed by atoms with Gasteiger partial charge in [0, 0.05) is 21.2 Å². The van der Waals surface area contributed by atoms with Crippen molar-refractivity contribution in [2.24, 2.45) is 0 Å². The highest BCUT2D eigenvalue weighted by molar-refractivity contribution is 6.35. The molecule has 1 aromatic heterocycles. The van der Waals surface area contributed by atoms with Crippen molar-refractivity contribution < 1.29 is 9.90 Å². The van der Waals surface area contributed by atoms with E-state index in [0.717, 1.165) is 0 Å². The minimum atomic E-state index is -0.367. The molecular formula is C17H11Cl2N3O2. The number of carbonyl (C=O) groups excluding carboxylic acids is 1. The van der Waals surface area contributed by atoms with Gasteiger partial charge in [0.1, 0.15) is 5.75 Å². The first-order valence-electron chi connectivity index (χ1n) is 6.90. The van der Waals surface area contributed by atoms with Crippen LogP contribution in [0.1, 0.15) is 10.4 Å². The molecule has 120 valence electrons. The van der Waals surface area contributed by atoms with Gasteiger partial charge < -0.3 is 10.4 Å². The molecule has 1 amide bonds. The number of halogens is 2. The number of rotatable bonds is 3. The average molecular weight is 360 g/mol. The van der Waals surface area contributed by atoms with Crippen molar-refractivity contribution in [2.75, 3.05) is 5.32 Å². The molecule has 0 unspecified atom stereocenters. The lowest BCUT2D eigenvalue weighted by Gasteiger charge is -2.07. The second kappa shape index (κ2) is 6.86. The van der Waals surface area contributed by atoms with Gasteiger partial charge in [-0.1, -0.05) is 35.3 Å². The van der Waals surface area contributed by atoms with Gasteiger partial charge in [-0.25, -0.2) is 9.97 Å². The molecule has 2 N–H and O–H groups in total. The average Bonchev–Trinajstić information content (AvgIpc) is 2.54. The van der Waals surface area contributed by atoms with Gasteiger partial charge in [-0.15, -0.1) is 0 Å². The van der Waals surface area contributed by atoms with E-state index in [9.17, 15) is 9.90 Å². The monoisotopic (exact) mass is 359 g/mol. The Kier molecular flexibility index (Phi) is 4.64. The molecule has 5 nitrogen and oxygen atoms in total. The SMILES string of the molecule is O=C(Nc1cnc(-c2cccc(O)c2)nc1)c1cc(Cl)cc(Cl)c1. The first kappa shape index (κ1) is 16.2. The third-order valence-corrected chi connectivity index (χ3v) is 3.58. The van der Waals surface area contributed by atoms with Gasteiger partial charge in [0.15, 0.2) is 5.82 Å². The Morgan fingerprint density at radius 3 is 2.29 bits per heavy atom. The van der Waals surface area contributed by atoms with Crippen LogP contribution in [0.2, 0.25) is 10.0 Å². The van der Waals surface area contributed by atoms with Gasteiger partial charge in [-0.3, -0.25) is 4.79 Å². The summed E-state index contributed by atoms with van der Waals surface area (Å²) in [6, 6.07) is 11.2. The normalized spacial score (nSPS) is 10.4. The first-order valence-corrected chi connectivity index (χ1v) is 7.66. The molecule has 0 saturated carbocycles. The van der Waals surface area contributed by atoms with Crippen molar-refractivity contribution in [3.63, 3.8) is 0 Å². The zero-order valence-electron chi connectivity index (χ0n) is 12.2. The minimum absolute atomic E-state index is 0.131. The molecule has 0 aliphatic heterocycles. The summed E-state index contributed by atoms with van der Waals surface area (Å²) in [5.41, 5.74) is 1.44. The van der Waals surface area contributed by atoms with Crippen molar-refractivity contribution in [1.29, 1.82) is 0 Å². The van der Waals surface area contributed by atoms with Crippen molar-refractivity contribution >= 4 is 34.8 Å². The highest BCUT2D eigenvalue weighted by Gasteiger charge is 2.09. The predicted molar refractivity (Wildman–Crippen MR) is 93.5 cm³/mol. The van der Waals surface area contributed by atoms with E-state index >= 15 is 0 Å². The van der Waals surface area contributed by atoms with Gasteiger partial charge >= 0.3 is 0 Å². The van der Waals surface area contributed by atoms with Gasteiger partial charge in [0.05, 0.1) is 18.1 Å². The molecule has 2 aromatic carbocycles. The molecule has 0 saturated heterocycles. The van der Waals surface area contributed by atoms with E-state index in [1.807, 2.05) is 0 Å². The number of hydrogen-bond donors (Lipinski definition) is 2. The topological polar surface area (TPSA) is 75.1 Å². The maximum Gasteiger partial charge on any atom is 0.255 e. The molecule has 0 aliphatic rings.